The fourth-order valence-corrected chi connectivity index (χ4v) is 2.93. The van der Waals surface area contributed by atoms with Crippen molar-refractivity contribution in [1.29, 1.82) is 0 Å². The largest absolute Gasteiger partial charge is 0.469 e. The first-order valence-electron chi connectivity index (χ1n) is 6.42. The summed E-state index contributed by atoms with van der Waals surface area (Å²) in [5, 5.41) is 9.90. The van der Waals surface area contributed by atoms with E-state index in [0.29, 0.717) is 6.42 Å². The lowest BCUT2D eigenvalue weighted by Gasteiger charge is -2.38. The Bertz CT molecular complexity index is 271. The van der Waals surface area contributed by atoms with Gasteiger partial charge in [-0.1, -0.05) is 20.8 Å². The third-order valence-corrected chi connectivity index (χ3v) is 8.14. The molecule has 0 saturated heterocycles. The lowest BCUT2D eigenvalue weighted by molar-refractivity contribution is -0.143. The molecular formula is C13H28O4Si. The Labute approximate surface area is 112 Å². The molecule has 0 saturated carbocycles. The van der Waals surface area contributed by atoms with E-state index in [1.807, 2.05) is 6.92 Å². The minimum absolute atomic E-state index is 0.0295. The summed E-state index contributed by atoms with van der Waals surface area (Å²) >= 11 is 0. The van der Waals surface area contributed by atoms with E-state index in [1.54, 1.807) is 0 Å². The lowest BCUT2D eigenvalue weighted by Crippen LogP contribution is -2.44. The number of carbonyl (C=O) groups excluding carboxylic acids is 1. The van der Waals surface area contributed by atoms with Gasteiger partial charge in [0.1, 0.15) is 0 Å². The normalized spacial score (nSPS) is 16.2. The van der Waals surface area contributed by atoms with E-state index < -0.39 is 14.4 Å². The highest BCUT2D eigenvalue weighted by Crippen LogP contribution is 2.37. The summed E-state index contributed by atoms with van der Waals surface area (Å²) in [6.45, 7) is 12.8. The predicted octanol–water partition coefficient (Wildman–Crippen LogP) is 2.71. The van der Waals surface area contributed by atoms with Crippen LogP contribution in [-0.4, -0.2) is 38.7 Å². The van der Waals surface area contributed by atoms with Crippen LogP contribution < -0.4 is 0 Å². The molecule has 0 aliphatic carbocycles. The van der Waals surface area contributed by atoms with Crippen molar-refractivity contribution in [3.63, 3.8) is 0 Å². The molecule has 0 unspecified atom stereocenters. The van der Waals surface area contributed by atoms with Crippen molar-refractivity contribution in [3.05, 3.63) is 0 Å². The van der Waals surface area contributed by atoms with Gasteiger partial charge in [-0.15, -0.1) is 0 Å². The number of esters is 1. The van der Waals surface area contributed by atoms with E-state index >= 15 is 0 Å². The third-order valence-electron chi connectivity index (χ3n) is 3.54. The molecule has 0 bridgehead atoms. The van der Waals surface area contributed by atoms with Crippen molar-refractivity contribution in [2.24, 2.45) is 0 Å². The molecule has 0 aliphatic rings. The van der Waals surface area contributed by atoms with Gasteiger partial charge in [-0.25, -0.2) is 0 Å². The SMILES string of the molecule is COC(=O)C[C@@H](O)C[C@H](C)O[Si](C)(C)C(C)(C)C. The molecule has 0 spiro atoms. The van der Waals surface area contributed by atoms with Gasteiger partial charge in [0.2, 0.25) is 0 Å². The van der Waals surface area contributed by atoms with Crippen molar-refractivity contribution >= 4 is 14.3 Å². The highest BCUT2D eigenvalue weighted by molar-refractivity contribution is 6.74. The standard InChI is InChI=1S/C13H28O4Si/c1-10(8-11(14)9-12(15)16-5)17-18(6,7)13(2,3)4/h10-11,14H,8-9H2,1-7H3/t10-,11-/m0/s1. The van der Waals surface area contributed by atoms with Gasteiger partial charge in [-0.05, 0) is 31.5 Å². The zero-order valence-corrected chi connectivity index (χ0v) is 13.7. The molecule has 0 aromatic carbocycles. The summed E-state index contributed by atoms with van der Waals surface area (Å²) < 4.78 is 10.6. The second-order valence-electron chi connectivity index (χ2n) is 6.36. The van der Waals surface area contributed by atoms with Gasteiger partial charge < -0.3 is 14.3 Å². The quantitative estimate of drug-likeness (QED) is 0.598. The molecule has 0 rings (SSSR count). The molecule has 1 N–H and O–H groups in total. The molecular weight excluding hydrogens is 248 g/mol. The number of rotatable bonds is 6. The number of hydrogen-bond acceptors (Lipinski definition) is 4. The highest BCUT2D eigenvalue weighted by atomic mass is 28.4. The summed E-state index contributed by atoms with van der Waals surface area (Å²) in [5.41, 5.74) is 0. The van der Waals surface area contributed by atoms with Crippen LogP contribution in [0.2, 0.25) is 18.1 Å². The first kappa shape index (κ1) is 17.6. The lowest BCUT2D eigenvalue weighted by atomic mass is 10.1. The van der Waals surface area contributed by atoms with Crippen LogP contribution in [0.5, 0.6) is 0 Å². The van der Waals surface area contributed by atoms with Crippen molar-refractivity contribution in [2.45, 2.75) is 70.9 Å². The fraction of sp³-hybridized carbons (Fsp3) is 0.923. The zero-order valence-electron chi connectivity index (χ0n) is 12.7. The number of methoxy groups -OCH3 is 1. The Kier molecular flexibility index (Phi) is 6.53. The second-order valence-corrected chi connectivity index (χ2v) is 11.1. The molecule has 0 aromatic rings. The minimum atomic E-state index is -1.81. The van der Waals surface area contributed by atoms with Crippen LogP contribution in [0.15, 0.2) is 0 Å². The maximum absolute atomic E-state index is 11.0. The monoisotopic (exact) mass is 276 g/mol. The molecule has 0 amide bonds. The van der Waals surface area contributed by atoms with Crippen LogP contribution in [0, 0.1) is 0 Å². The van der Waals surface area contributed by atoms with E-state index in [-0.39, 0.29) is 23.5 Å². The molecule has 18 heavy (non-hydrogen) atoms. The maximum Gasteiger partial charge on any atom is 0.308 e. The second kappa shape index (κ2) is 6.68. The van der Waals surface area contributed by atoms with Crippen LogP contribution in [-0.2, 0) is 14.0 Å². The maximum atomic E-state index is 11.0. The summed E-state index contributed by atoms with van der Waals surface area (Å²) in [7, 11) is -0.486. The average Bonchev–Trinajstić information content (AvgIpc) is 2.13. The highest BCUT2D eigenvalue weighted by Gasteiger charge is 2.38. The van der Waals surface area contributed by atoms with Crippen molar-refractivity contribution in [1.82, 2.24) is 0 Å². The first-order valence-corrected chi connectivity index (χ1v) is 9.33. The molecule has 0 aliphatic heterocycles. The Morgan fingerprint density at radius 1 is 1.33 bits per heavy atom. The van der Waals surface area contributed by atoms with Crippen LogP contribution in [0.25, 0.3) is 0 Å². The van der Waals surface area contributed by atoms with E-state index in [1.165, 1.54) is 7.11 Å². The molecule has 0 aromatic heterocycles. The molecule has 4 nitrogen and oxygen atoms in total. The Morgan fingerprint density at radius 3 is 2.22 bits per heavy atom. The fourth-order valence-electron chi connectivity index (χ4n) is 1.47. The van der Waals surface area contributed by atoms with Gasteiger partial charge in [-0.3, -0.25) is 4.79 Å². The minimum Gasteiger partial charge on any atom is -0.469 e. The topological polar surface area (TPSA) is 55.8 Å². The number of aliphatic hydroxyl groups is 1. The summed E-state index contributed by atoms with van der Waals surface area (Å²) in [6.07, 6.45) is -0.258. The molecule has 5 heteroatoms. The van der Waals surface area contributed by atoms with Crippen molar-refractivity contribution in [3.8, 4) is 0 Å². The van der Waals surface area contributed by atoms with E-state index in [4.69, 9.17) is 4.43 Å². The van der Waals surface area contributed by atoms with Crippen LogP contribution in [0.3, 0.4) is 0 Å². The Hall–Kier alpha value is -0.393. The molecule has 2 atom stereocenters. The van der Waals surface area contributed by atoms with Gasteiger partial charge >= 0.3 is 5.97 Å². The zero-order chi connectivity index (χ0) is 14.6. The molecule has 0 heterocycles. The number of hydrogen-bond donors (Lipinski definition) is 1. The predicted molar refractivity (Wildman–Crippen MR) is 75.0 cm³/mol. The number of carbonyl (C=O) groups is 1. The molecule has 0 fully saturated rings. The van der Waals surface area contributed by atoms with Crippen LogP contribution in [0.4, 0.5) is 0 Å². The van der Waals surface area contributed by atoms with Gasteiger partial charge in [-0.2, -0.15) is 0 Å². The molecule has 0 radical (unpaired) electrons. The van der Waals surface area contributed by atoms with Gasteiger partial charge in [0.05, 0.1) is 19.6 Å². The van der Waals surface area contributed by atoms with Gasteiger partial charge in [0, 0.05) is 6.10 Å². The Morgan fingerprint density at radius 2 is 1.83 bits per heavy atom. The van der Waals surface area contributed by atoms with Crippen LogP contribution >= 0.6 is 0 Å². The van der Waals surface area contributed by atoms with E-state index in [0.717, 1.165) is 0 Å². The van der Waals surface area contributed by atoms with E-state index in [9.17, 15) is 9.90 Å². The summed E-state index contributed by atoms with van der Waals surface area (Å²) in [6, 6.07) is 0. The number of aliphatic hydroxyl groups excluding tert-OH is 1. The van der Waals surface area contributed by atoms with Crippen molar-refractivity contribution < 1.29 is 19.1 Å². The summed E-state index contributed by atoms with van der Waals surface area (Å²) in [4.78, 5) is 11.0. The number of ether oxygens (including phenoxy) is 1. The van der Waals surface area contributed by atoms with Crippen LogP contribution in [0.1, 0.15) is 40.5 Å². The summed E-state index contributed by atoms with van der Waals surface area (Å²) in [5.74, 6) is -0.387. The van der Waals surface area contributed by atoms with Gasteiger partial charge in [0.15, 0.2) is 8.32 Å². The Balaban J connectivity index is 4.27. The first-order chi connectivity index (χ1) is 7.99. The van der Waals surface area contributed by atoms with E-state index in [2.05, 4.69) is 38.6 Å². The molecule has 108 valence electrons. The smallest absolute Gasteiger partial charge is 0.308 e. The van der Waals surface area contributed by atoms with Crippen molar-refractivity contribution in [2.75, 3.05) is 7.11 Å². The third kappa shape index (κ3) is 5.98. The van der Waals surface area contributed by atoms with Gasteiger partial charge in [0.25, 0.3) is 0 Å². The average molecular weight is 276 g/mol.